The number of aliphatic hydroxyl groups excluding tert-OH is 1. The molecule has 0 spiro atoms. The second-order valence-electron chi connectivity index (χ2n) is 12.7. The van der Waals surface area contributed by atoms with Gasteiger partial charge in [0.2, 0.25) is 0 Å². The third kappa shape index (κ3) is 8.66. The average Bonchev–Trinajstić information content (AvgIpc) is 3.65. The molecule has 0 saturated heterocycles. The van der Waals surface area contributed by atoms with Crippen molar-refractivity contribution in [3.63, 3.8) is 0 Å². The van der Waals surface area contributed by atoms with Gasteiger partial charge in [-0.2, -0.15) is 0 Å². The van der Waals surface area contributed by atoms with E-state index in [0.717, 1.165) is 12.8 Å². The van der Waals surface area contributed by atoms with Crippen LogP contribution in [-0.4, -0.2) is 47.0 Å². The largest absolute Gasteiger partial charge is 0.487 e. The molecular formula is C31H45N3O6. The lowest BCUT2D eigenvalue weighted by atomic mass is 9.85. The molecule has 2 aromatic rings. The third-order valence-corrected chi connectivity index (χ3v) is 6.99. The minimum absolute atomic E-state index is 0.0263. The molecule has 0 aromatic heterocycles. The molecule has 0 radical (unpaired) electrons. The van der Waals surface area contributed by atoms with Gasteiger partial charge in [-0.25, -0.2) is 4.79 Å². The van der Waals surface area contributed by atoms with Gasteiger partial charge in [-0.15, -0.1) is 0 Å². The van der Waals surface area contributed by atoms with Gasteiger partial charge in [0, 0.05) is 18.2 Å². The van der Waals surface area contributed by atoms with E-state index in [2.05, 4.69) is 55.7 Å². The lowest BCUT2D eigenvalue weighted by Gasteiger charge is -2.29. The number of carbonyl (C=O) groups excluding carboxylic acids is 1. The maximum Gasteiger partial charge on any atom is 0.407 e. The van der Waals surface area contributed by atoms with E-state index >= 15 is 0 Å². The van der Waals surface area contributed by atoms with Gasteiger partial charge in [-0.1, -0.05) is 58.0 Å². The molecule has 1 amide bonds. The Morgan fingerprint density at radius 2 is 1.82 bits per heavy atom. The zero-order valence-corrected chi connectivity index (χ0v) is 24.9. The Bertz CT molecular complexity index is 1180. The SMILES string of the molecule is CCCOc1cc(C[C@H](NC(=O)OC(C)(C)C)[C@H](O)CNC2(c3cccc(C(C)(C)C)c3)CC2)ccc1[N+](=O)[O-]. The van der Waals surface area contributed by atoms with Crippen molar-refractivity contribution in [2.24, 2.45) is 0 Å². The molecule has 1 saturated carbocycles. The Labute approximate surface area is 237 Å². The Balaban J connectivity index is 1.80. The van der Waals surface area contributed by atoms with Crippen molar-refractivity contribution in [1.82, 2.24) is 10.6 Å². The molecule has 0 heterocycles. The molecule has 1 fully saturated rings. The van der Waals surface area contributed by atoms with E-state index in [1.54, 1.807) is 32.9 Å². The number of hydrogen-bond donors (Lipinski definition) is 3. The zero-order chi connectivity index (χ0) is 29.7. The predicted molar refractivity (Wildman–Crippen MR) is 156 cm³/mol. The molecule has 3 rings (SSSR count). The van der Waals surface area contributed by atoms with E-state index in [0.29, 0.717) is 18.6 Å². The van der Waals surface area contributed by atoms with Gasteiger partial charge in [-0.3, -0.25) is 10.1 Å². The van der Waals surface area contributed by atoms with Crippen LogP contribution in [-0.2, 0) is 22.1 Å². The normalized spacial score (nSPS) is 16.1. The number of amides is 1. The van der Waals surface area contributed by atoms with Crippen LogP contribution in [0.4, 0.5) is 10.5 Å². The first-order valence-electron chi connectivity index (χ1n) is 14.1. The summed E-state index contributed by atoms with van der Waals surface area (Å²) in [5, 5.41) is 29.2. The molecule has 2 aromatic carbocycles. The number of nitro benzene ring substituents is 1. The van der Waals surface area contributed by atoms with Crippen molar-refractivity contribution >= 4 is 11.8 Å². The molecule has 9 heteroatoms. The topological polar surface area (TPSA) is 123 Å². The van der Waals surface area contributed by atoms with Crippen molar-refractivity contribution in [2.45, 2.75) is 103 Å². The second-order valence-corrected chi connectivity index (χ2v) is 12.7. The first-order chi connectivity index (χ1) is 18.6. The molecule has 2 atom stereocenters. The number of rotatable bonds is 12. The van der Waals surface area contributed by atoms with E-state index < -0.39 is 28.8 Å². The van der Waals surface area contributed by atoms with Gasteiger partial charge in [0.25, 0.3) is 0 Å². The monoisotopic (exact) mass is 555 g/mol. The van der Waals surface area contributed by atoms with Crippen molar-refractivity contribution in [3.05, 3.63) is 69.3 Å². The number of nitrogens with zero attached hydrogens (tertiary/aromatic N) is 1. The maximum absolute atomic E-state index is 12.7. The summed E-state index contributed by atoms with van der Waals surface area (Å²) in [5.41, 5.74) is 2.12. The third-order valence-electron chi connectivity index (χ3n) is 6.99. The Kier molecular flexibility index (Phi) is 9.85. The van der Waals surface area contributed by atoms with Crippen LogP contribution in [0.25, 0.3) is 0 Å². The lowest BCUT2D eigenvalue weighted by molar-refractivity contribution is -0.385. The first kappa shape index (κ1) is 31.4. The summed E-state index contributed by atoms with van der Waals surface area (Å²) in [6.07, 6.45) is 1.26. The smallest absolute Gasteiger partial charge is 0.407 e. The number of hydrogen-bond acceptors (Lipinski definition) is 7. The minimum Gasteiger partial charge on any atom is -0.487 e. The molecule has 1 aliphatic carbocycles. The summed E-state index contributed by atoms with van der Waals surface area (Å²) in [6.45, 7) is 14.4. The Morgan fingerprint density at radius 3 is 2.40 bits per heavy atom. The molecule has 0 bridgehead atoms. The highest BCUT2D eigenvalue weighted by Crippen LogP contribution is 2.46. The van der Waals surface area contributed by atoms with Gasteiger partial charge in [0.05, 0.1) is 23.7 Å². The van der Waals surface area contributed by atoms with Crippen LogP contribution in [0.15, 0.2) is 42.5 Å². The number of benzene rings is 2. The van der Waals surface area contributed by atoms with Crippen LogP contribution in [0.5, 0.6) is 5.75 Å². The van der Waals surface area contributed by atoms with Crippen LogP contribution < -0.4 is 15.4 Å². The van der Waals surface area contributed by atoms with Crippen LogP contribution in [0.3, 0.4) is 0 Å². The fourth-order valence-electron chi connectivity index (χ4n) is 4.58. The molecule has 3 N–H and O–H groups in total. The van der Waals surface area contributed by atoms with Gasteiger partial charge in [0.1, 0.15) is 5.60 Å². The van der Waals surface area contributed by atoms with Gasteiger partial charge in [-0.05, 0) is 74.6 Å². The molecule has 1 aliphatic rings. The van der Waals surface area contributed by atoms with Gasteiger partial charge < -0.3 is 25.2 Å². The van der Waals surface area contributed by atoms with Crippen LogP contribution in [0.1, 0.15) is 84.4 Å². The molecule has 9 nitrogen and oxygen atoms in total. The number of alkyl carbamates (subject to hydrolysis) is 1. The highest BCUT2D eigenvalue weighted by Gasteiger charge is 2.44. The fourth-order valence-corrected chi connectivity index (χ4v) is 4.58. The zero-order valence-electron chi connectivity index (χ0n) is 24.9. The fraction of sp³-hybridized carbons (Fsp3) is 0.581. The van der Waals surface area contributed by atoms with Crippen molar-refractivity contribution in [2.75, 3.05) is 13.2 Å². The Morgan fingerprint density at radius 1 is 1.12 bits per heavy atom. The number of aliphatic hydroxyl groups is 1. The van der Waals surface area contributed by atoms with E-state index in [9.17, 15) is 20.0 Å². The van der Waals surface area contributed by atoms with E-state index in [1.165, 1.54) is 17.2 Å². The molecule has 220 valence electrons. The number of ether oxygens (including phenoxy) is 2. The van der Waals surface area contributed by atoms with Gasteiger partial charge in [0.15, 0.2) is 5.75 Å². The second kappa shape index (κ2) is 12.6. The maximum atomic E-state index is 12.7. The van der Waals surface area contributed by atoms with E-state index in [4.69, 9.17) is 9.47 Å². The average molecular weight is 556 g/mol. The number of nitro groups is 1. The summed E-state index contributed by atoms with van der Waals surface area (Å²) in [4.78, 5) is 23.7. The lowest BCUT2D eigenvalue weighted by Crippen LogP contribution is -2.51. The molecule has 40 heavy (non-hydrogen) atoms. The van der Waals surface area contributed by atoms with Crippen molar-refractivity contribution < 1.29 is 24.3 Å². The molecule has 0 unspecified atom stereocenters. The Hall–Kier alpha value is -3.17. The van der Waals surface area contributed by atoms with Crippen LogP contribution in [0, 0.1) is 10.1 Å². The quantitative estimate of drug-likeness (QED) is 0.225. The summed E-state index contributed by atoms with van der Waals surface area (Å²) < 4.78 is 11.1. The van der Waals surface area contributed by atoms with Crippen LogP contribution in [0.2, 0.25) is 0 Å². The summed E-state index contributed by atoms with van der Waals surface area (Å²) in [7, 11) is 0. The standard InChI is InChI=1S/C31H45N3O6/c1-8-16-39-27-18-21(12-13-25(27)34(37)38)17-24(33-28(36)40-30(5,6)7)26(35)20-32-31(14-15-31)23-11-9-10-22(19-23)29(2,3)4/h9-13,18-19,24,26,32,35H,8,14-17,20H2,1-7H3,(H,33,36)/t24-,26+/m0/s1. The summed E-state index contributed by atoms with van der Waals surface area (Å²) in [5.74, 6) is 0.170. The van der Waals surface area contributed by atoms with Crippen LogP contribution >= 0.6 is 0 Å². The summed E-state index contributed by atoms with van der Waals surface area (Å²) >= 11 is 0. The van der Waals surface area contributed by atoms with Gasteiger partial charge >= 0.3 is 11.8 Å². The highest BCUT2D eigenvalue weighted by molar-refractivity contribution is 5.68. The predicted octanol–water partition coefficient (Wildman–Crippen LogP) is 5.76. The van der Waals surface area contributed by atoms with Crippen molar-refractivity contribution in [1.29, 1.82) is 0 Å². The number of nitrogens with one attached hydrogen (secondary N) is 2. The first-order valence-corrected chi connectivity index (χ1v) is 14.1. The number of carbonyl (C=O) groups is 1. The van der Waals surface area contributed by atoms with E-state index in [-0.39, 0.29) is 35.4 Å². The van der Waals surface area contributed by atoms with E-state index in [1.807, 2.05) is 6.92 Å². The minimum atomic E-state index is -0.953. The molecule has 0 aliphatic heterocycles. The molecular weight excluding hydrogens is 510 g/mol. The highest BCUT2D eigenvalue weighted by atomic mass is 16.6. The summed E-state index contributed by atoms with van der Waals surface area (Å²) in [6, 6.07) is 12.5. The van der Waals surface area contributed by atoms with Crippen molar-refractivity contribution in [3.8, 4) is 5.75 Å².